The van der Waals surface area contributed by atoms with Gasteiger partial charge in [0.1, 0.15) is 0 Å². The number of hydrogen-bond acceptors (Lipinski definition) is 2. The van der Waals surface area contributed by atoms with Crippen LogP contribution in [-0.4, -0.2) is 28.3 Å². The average molecular weight is 219 g/mol. The van der Waals surface area contributed by atoms with Crippen molar-refractivity contribution in [2.75, 3.05) is 13.6 Å². The quantitative estimate of drug-likeness (QED) is 0.721. The van der Waals surface area contributed by atoms with Crippen LogP contribution in [-0.2, 0) is 13.1 Å². The maximum Gasteiger partial charge on any atom is 0.0661 e. The second kappa shape index (κ2) is 3.59. The van der Waals surface area contributed by atoms with Crippen molar-refractivity contribution in [3.63, 3.8) is 0 Å². The lowest BCUT2D eigenvalue weighted by Crippen LogP contribution is -2.31. The Morgan fingerprint density at radius 2 is 2.12 bits per heavy atom. The minimum absolute atomic E-state index is 0.721. The van der Waals surface area contributed by atoms with Crippen molar-refractivity contribution < 1.29 is 0 Å². The van der Waals surface area contributed by atoms with Crippen LogP contribution in [0, 0.1) is 11.8 Å². The van der Waals surface area contributed by atoms with Crippen LogP contribution in [0.2, 0.25) is 0 Å². The predicted molar refractivity (Wildman–Crippen MR) is 64.2 cm³/mol. The fourth-order valence-corrected chi connectivity index (χ4v) is 3.02. The molecule has 0 radical (unpaired) electrons. The molecular formula is C13H21N3. The molecular weight excluding hydrogens is 198 g/mol. The van der Waals surface area contributed by atoms with E-state index in [1.807, 2.05) is 0 Å². The number of rotatable bonds is 1. The summed E-state index contributed by atoms with van der Waals surface area (Å²) in [5.74, 6) is 2.42. The monoisotopic (exact) mass is 219 g/mol. The predicted octanol–water partition coefficient (Wildman–Crippen LogP) is 2.09. The number of fused-ring (bicyclic) bond motifs is 1. The Morgan fingerprint density at radius 1 is 1.31 bits per heavy atom. The molecule has 0 amide bonds. The molecule has 3 unspecified atom stereocenters. The Bertz CT molecular complexity index is 396. The van der Waals surface area contributed by atoms with Gasteiger partial charge in [-0.15, -0.1) is 0 Å². The molecule has 0 saturated heterocycles. The number of nitrogens with zero attached hydrogens (tertiary/aromatic N) is 3. The molecule has 1 fully saturated rings. The van der Waals surface area contributed by atoms with Crippen LogP contribution in [0.25, 0.3) is 0 Å². The molecule has 3 nitrogen and oxygen atoms in total. The second-order valence-electron chi connectivity index (χ2n) is 5.70. The molecule has 0 bridgehead atoms. The number of aromatic nitrogens is 2. The third kappa shape index (κ3) is 1.49. The molecule has 2 aliphatic rings. The summed E-state index contributed by atoms with van der Waals surface area (Å²) in [7, 11) is 2.18. The Balaban J connectivity index is 1.83. The van der Waals surface area contributed by atoms with Crippen molar-refractivity contribution in [1.82, 2.24) is 14.7 Å². The standard InChI is InChI=1S/C13H21N3/c1-9-6-12(10(9)2)13-7-11-8-15(3)4-5-16(11)14-13/h7,9-10,12H,4-6,8H2,1-3H3. The summed E-state index contributed by atoms with van der Waals surface area (Å²) >= 11 is 0. The van der Waals surface area contributed by atoms with Gasteiger partial charge in [0.25, 0.3) is 0 Å². The van der Waals surface area contributed by atoms with Crippen molar-refractivity contribution in [2.45, 2.75) is 39.3 Å². The van der Waals surface area contributed by atoms with E-state index in [2.05, 4.69) is 36.5 Å². The minimum Gasteiger partial charge on any atom is -0.299 e. The zero-order valence-corrected chi connectivity index (χ0v) is 10.5. The van der Waals surface area contributed by atoms with E-state index in [9.17, 15) is 0 Å². The Labute approximate surface area is 97.4 Å². The summed E-state index contributed by atoms with van der Waals surface area (Å²) in [6.45, 7) is 7.96. The normalized spacial score (nSPS) is 34.6. The van der Waals surface area contributed by atoms with Crippen molar-refractivity contribution in [1.29, 1.82) is 0 Å². The van der Waals surface area contributed by atoms with Crippen LogP contribution in [0.4, 0.5) is 0 Å². The van der Waals surface area contributed by atoms with E-state index in [4.69, 9.17) is 5.10 Å². The molecule has 2 heterocycles. The molecule has 1 aromatic heterocycles. The molecule has 0 aromatic carbocycles. The topological polar surface area (TPSA) is 21.1 Å². The summed E-state index contributed by atoms with van der Waals surface area (Å²) in [4.78, 5) is 2.37. The maximum absolute atomic E-state index is 4.78. The number of hydrogen-bond donors (Lipinski definition) is 0. The van der Waals surface area contributed by atoms with Crippen molar-refractivity contribution in [3.8, 4) is 0 Å². The highest BCUT2D eigenvalue weighted by molar-refractivity contribution is 5.19. The van der Waals surface area contributed by atoms with Crippen LogP contribution >= 0.6 is 0 Å². The van der Waals surface area contributed by atoms with Crippen LogP contribution in [0.5, 0.6) is 0 Å². The average Bonchev–Trinajstić information content (AvgIpc) is 2.67. The molecule has 3 heteroatoms. The van der Waals surface area contributed by atoms with Gasteiger partial charge in [-0.3, -0.25) is 9.58 Å². The fraction of sp³-hybridized carbons (Fsp3) is 0.769. The van der Waals surface area contributed by atoms with Crippen molar-refractivity contribution in [2.24, 2.45) is 11.8 Å². The third-order valence-corrected chi connectivity index (χ3v) is 4.55. The zero-order valence-electron chi connectivity index (χ0n) is 10.5. The summed E-state index contributed by atoms with van der Waals surface area (Å²) < 4.78 is 2.21. The van der Waals surface area contributed by atoms with Gasteiger partial charge in [-0.25, -0.2) is 0 Å². The number of likely N-dealkylation sites (N-methyl/N-ethyl adjacent to an activating group) is 1. The minimum atomic E-state index is 0.721. The Morgan fingerprint density at radius 3 is 2.81 bits per heavy atom. The lowest BCUT2D eigenvalue weighted by Gasteiger charge is -2.39. The first-order valence-electron chi connectivity index (χ1n) is 6.40. The van der Waals surface area contributed by atoms with Gasteiger partial charge < -0.3 is 0 Å². The highest BCUT2D eigenvalue weighted by Gasteiger charge is 2.37. The van der Waals surface area contributed by atoms with Gasteiger partial charge in [-0.05, 0) is 31.4 Å². The van der Waals surface area contributed by atoms with Gasteiger partial charge in [0.2, 0.25) is 0 Å². The molecule has 3 atom stereocenters. The van der Waals surface area contributed by atoms with E-state index in [1.54, 1.807) is 0 Å². The van der Waals surface area contributed by atoms with E-state index in [1.165, 1.54) is 17.8 Å². The summed E-state index contributed by atoms with van der Waals surface area (Å²) in [6, 6.07) is 2.34. The first-order valence-corrected chi connectivity index (χ1v) is 6.40. The molecule has 1 aliphatic carbocycles. The van der Waals surface area contributed by atoms with Crippen molar-refractivity contribution >= 4 is 0 Å². The first kappa shape index (κ1) is 10.3. The Hall–Kier alpha value is -0.830. The highest BCUT2D eigenvalue weighted by Crippen LogP contribution is 2.46. The van der Waals surface area contributed by atoms with E-state index in [0.29, 0.717) is 0 Å². The molecule has 16 heavy (non-hydrogen) atoms. The molecule has 0 spiro atoms. The van der Waals surface area contributed by atoms with E-state index >= 15 is 0 Å². The van der Waals surface area contributed by atoms with E-state index < -0.39 is 0 Å². The maximum atomic E-state index is 4.78. The molecule has 1 aliphatic heterocycles. The van der Waals surface area contributed by atoms with Crippen molar-refractivity contribution in [3.05, 3.63) is 17.5 Å². The highest BCUT2D eigenvalue weighted by atomic mass is 15.3. The SMILES string of the molecule is CC1CC(c2cc3n(n2)CCN(C)C3)C1C. The van der Waals surface area contributed by atoms with E-state index in [-0.39, 0.29) is 0 Å². The Kier molecular flexibility index (Phi) is 2.32. The smallest absolute Gasteiger partial charge is 0.0661 e. The summed E-state index contributed by atoms with van der Waals surface area (Å²) in [5, 5.41) is 4.78. The molecule has 3 rings (SSSR count). The van der Waals surface area contributed by atoms with Gasteiger partial charge in [-0.2, -0.15) is 5.10 Å². The van der Waals surface area contributed by atoms with Crippen LogP contribution < -0.4 is 0 Å². The molecule has 0 N–H and O–H groups in total. The van der Waals surface area contributed by atoms with Gasteiger partial charge in [0, 0.05) is 19.0 Å². The van der Waals surface area contributed by atoms with E-state index in [0.717, 1.165) is 37.4 Å². The zero-order chi connectivity index (χ0) is 11.3. The molecule has 1 saturated carbocycles. The summed E-state index contributed by atoms with van der Waals surface area (Å²) in [5.41, 5.74) is 2.74. The van der Waals surface area contributed by atoms with Crippen LogP contribution in [0.15, 0.2) is 6.07 Å². The van der Waals surface area contributed by atoms with Gasteiger partial charge >= 0.3 is 0 Å². The second-order valence-corrected chi connectivity index (χ2v) is 5.70. The van der Waals surface area contributed by atoms with Gasteiger partial charge in [0.15, 0.2) is 0 Å². The molecule has 88 valence electrons. The van der Waals surface area contributed by atoms with Crippen LogP contribution in [0.3, 0.4) is 0 Å². The lowest BCUT2D eigenvalue weighted by atomic mass is 9.65. The van der Waals surface area contributed by atoms with Crippen LogP contribution in [0.1, 0.15) is 37.6 Å². The van der Waals surface area contributed by atoms with Gasteiger partial charge in [0.05, 0.1) is 17.9 Å². The largest absolute Gasteiger partial charge is 0.299 e. The molecule has 1 aromatic rings. The third-order valence-electron chi connectivity index (χ3n) is 4.55. The lowest BCUT2D eigenvalue weighted by molar-refractivity contribution is 0.165. The summed E-state index contributed by atoms with van der Waals surface area (Å²) in [6.07, 6.45) is 1.33. The fourth-order valence-electron chi connectivity index (χ4n) is 3.02. The first-order chi connectivity index (χ1) is 7.65. The van der Waals surface area contributed by atoms with Gasteiger partial charge in [-0.1, -0.05) is 13.8 Å².